The summed E-state index contributed by atoms with van der Waals surface area (Å²) < 4.78 is 0. The molecule has 1 rings (SSSR count). The molecule has 3 nitrogen and oxygen atoms in total. The van der Waals surface area contributed by atoms with E-state index in [0.717, 1.165) is 11.3 Å². The third-order valence-corrected chi connectivity index (χ3v) is 2.97. The van der Waals surface area contributed by atoms with Crippen molar-refractivity contribution in [2.24, 2.45) is 0 Å². The Morgan fingerprint density at radius 2 is 1.94 bits per heavy atom. The van der Waals surface area contributed by atoms with E-state index in [9.17, 15) is 4.79 Å². The molecule has 88 valence electrons. The number of benzene rings is 1. The summed E-state index contributed by atoms with van der Waals surface area (Å²) in [4.78, 5) is 12.8. The first-order valence-electron chi connectivity index (χ1n) is 5.36. The van der Waals surface area contributed by atoms with E-state index in [1.165, 1.54) is 0 Å². The van der Waals surface area contributed by atoms with Crippen LogP contribution in [0.3, 0.4) is 0 Å². The van der Waals surface area contributed by atoms with Crippen molar-refractivity contribution in [2.45, 2.75) is 32.7 Å². The van der Waals surface area contributed by atoms with Crippen LogP contribution in [0.2, 0.25) is 0 Å². The van der Waals surface area contributed by atoms with Crippen LogP contribution in [0.1, 0.15) is 25.8 Å². The normalized spacial score (nSPS) is 11.2. The average molecular weight is 221 g/mol. The summed E-state index contributed by atoms with van der Waals surface area (Å²) in [5.74, 6) is -0.773. The average Bonchev–Trinajstić information content (AvgIpc) is 2.15. The van der Waals surface area contributed by atoms with Gasteiger partial charge in [-0.25, -0.2) is 0 Å². The first-order valence-corrected chi connectivity index (χ1v) is 5.36. The van der Waals surface area contributed by atoms with Gasteiger partial charge in [0, 0.05) is 18.3 Å². The van der Waals surface area contributed by atoms with Crippen LogP contribution in [0.15, 0.2) is 24.3 Å². The van der Waals surface area contributed by atoms with Gasteiger partial charge in [0.2, 0.25) is 0 Å². The number of carboxylic acid groups (broad SMARTS) is 1. The van der Waals surface area contributed by atoms with E-state index in [1.54, 1.807) is 0 Å². The van der Waals surface area contributed by atoms with Crippen LogP contribution < -0.4 is 4.90 Å². The molecule has 1 N–H and O–H groups in total. The monoisotopic (exact) mass is 221 g/mol. The van der Waals surface area contributed by atoms with Gasteiger partial charge < -0.3 is 10.0 Å². The molecule has 0 radical (unpaired) electrons. The first-order chi connectivity index (χ1) is 7.34. The van der Waals surface area contributed by atoms with Crippen LogP contribution in [0.25, 0.3) is 0 Å². The largest absolute Gasteiger partial charge is 0.481 e. The van der Waals surface area contributed by atoms with E-state index >= 15 is 0 Å². The van der Waals surface area contributed by atoms with Crippen LogP contribution in [-0.4, -0.2) is 23.7 Å². The summed E-state index contributed by atoms with van der Waals surface area (Å²) in [6.45, 7) is 5.91. The highest BCUT2D eigenvalue weighted by atomic mass is 16.4. The van der Waals surface area contributed by atoms with Crippen LogP contribution in [-0.2, 0) is 4.79 Å². The lowest BCUT2D eigenvalue weighted by Gasteiger charge is -2.37. The lowest BCUT2D eigenvalue weighted by molar-refractivity contribution is -0.138. The van der Waals surface area contributed by atoms with Crippen molar-refractivity contribution in [3.8, 4) is 0 Å². The minimum atomic E-state index is -0.773. The molecule has 0 saturated carbocycles. The number of rotatable bonds is 4. The Bertz CT molecular complexity index is 385. The number of aliphatic carboxylic acids is 1. The topological polar surface area (TPSA) is 40.5 Å². The third kappa shape index (κ3) is 2.75. The minimum Gasteiger partial charge on any atom is -0.481 e. The molecule has 0 aliphatic carbocycles. The Balaban J connectivity index is 2.97. The highest BCUT2D eigenvalue weighted by molar-refractivity contribution is 5.70. The summed E-state index contributed by atoms with van der Waals surface area (Å²) in [6, 6.07) is 7.99. The quantitative estimate of drug-likeness (QED) is 0.849. The first kappa shape index (κ1) is 12.6. The van der Waals surface area contributed by atoms with Gasteiger partial charge in [0.1, 0.15) is 0 Å². The fraction of sp³-hybridized carbons (Fsp3) is 0.462. The molecule has 0 fully saturated rings. The molecule has 0 bridgehead atoms. The molecule has 0 atom stereocenters. The summed E-state index contributed by atoms with van der Waals surface area (Å²) in [5.41, 5.74) is 1.84. The second kappa shape index (κ2) is 4.56. The smallest absolute Gasteiger partial charge is 0.305 e. The van der Waals surface area contributed by atoms with E-state index < -0.39 is 11.5 Å². The molecule has 0 aliphatic heterocycles. The predicted octanol–water partition coefficient (Wildman–Crippen LogP) is 2.68. The van der Waals surface area contributed by atoms with Crippen LogP contribution in [0.4, 0.5) is 5.69 Å². The molecule has 1 aromatic carbocycles. The van der Waals surface area contributed by atoms with Crippen molar-refractivity contribution in [2.75, 3.05) is 11.9 Å². The fourth-order valence-electron chi connectivity index (χ4n) is 1.75. The van der Waals surface area contributed by atoms with Gasteiger partial charge in [0.15, 0.2) is 0 Å². The second-order valence-corrected chi connectivity index (χ2v) is 4.73. The van der Waals surface area contributed by atoms with Gasteiger partial charge >= 0.3 is 5.97 Å². The van der Waals surface area contributed by atoms with Crippen molar-refractivity contribution in [1.29, 1.82) is 0 Å². The lowest BCUT2D eigenvalue weighted by atomic mass is 9.97. The second-order valence-electron chi connectivity index (χ2n) is 4.73. The molecule has 0 spiro atoms. The Hall–Kier alpha value is -1.51. The van der Waals surface area contributed by atoms with E-state index in [4.69, 9.17) is 5.11 Å². The number of anilines is 1. The fourth-order valence-corrected chi connectivity index (χ4v) is 1.75. The van der Waals surface area contributed by atoms with Gasteiger partial charge in [-0.05, 0) is 32.4 Å². The zero-order valence-electron chi connectivity index (χ0n) is 10.3. The lowest BCUT2D eigenvalue weighted by Crippen LogP contribution is -2.43. The van der Waals surface area contributed by atoms with Gasteiger partial charge in [-0.15, -0.1) is 0 Å². The number of para-hydroxylation sites is 1. The highest BCUT2D eigenvalue weighted by Gasteiger charge is 2.27. The summed E-state index contributed by atoms with van der Waals surface area (Å²) >= 11 is 0. The zero-order chi connectivity index (χ0) is 12.3. The maximum atomic E-state index is 10.8. The number of carbonyl (C=O) groups is 1. The summed E-state index contributed by atoms with van der Waals surface area (Å²) in [6.07, 6.45) is 0.123. The van der Waals surface area contributed by atoms with Crippen molar-refractivity contribution in [3.05, 3.63) is 29.8 Å². The van der Waals surface area contributed by atoms with Crippen molar-refractivity contribution >= 4 is 11.7 Å². The number of carboxylic acids is 1. The Morgan fingerprint density at radius 1 is 1.38 bits per heavy atom. The molecule has 0 aliphatic rings. The molecule has 0 amide bonds. The Kier molecular flexibility index (Phi) is 3.58. The molecule has 0 saturated heterocycles. The predicted molar refractivity (Wildman–Crippen MR) is 65.9 cm³/mol. The van der Waals surface area contributed by atoms with E-state index in [0.29, 0.717) is 0 Å². The molecule has 0 unspecified atom stereocenters. The van der Waals surface area contributed by atoms with Crippen LogP contribution >= 0.6 is 0 Å². The summed E-state index contributed by atoms with van der Waals surface area (Å²) in [5, 5.41) is 8.89. The number of hydrogen-bond acceptors (Lipinski definition) is 2. The number of aryl methyl sites for hydroxylation is 1. The van der Waals surface area contributed by atoms with Crippen LogP contribution in [0, 0.1) is 6.92 Å². The Morgan fingerprint density at radius 3 is 2.44 bits per heavy atom. The van der Waals surface area contributed by atoms with Gasteiger partial charge in [0.25, 0.3) is 0 Å². The van der Waals surface area contributed by atoms with Crippen molar-refractivity contribution < 1.29 is 9.90 Å². The number of hydrogen-bond donors (Lipinski definition) is 1. The van der Waals surface area contributed by atoms with E-state index in [2.05, 4.69) is 0 Å². The molecular weight excluding hydrogens is 202 g/mol. The van der Waals surface area contributed by atoms with Crippen molar-refractivity contribution in [3.63, 3.8) is 0 Å². The highest BCUT2D eigenvalue weighted by Crippen LogP contribution is 2.27. The van der Waals surface area contributed by atoms with E-state index in [1.807, 2.05) is 57.0 Å². The summed E-state index contributed by atoms with van der Waals surface area (Å²) in [7, 11) is 1.94. The van der Waals surface area contributed by atoms with Gasteiger partial charge in [0.05, 0.1) is 6.42 Å². The maximum absolute atomic E-state index is 10.8. The van der Waals surface area contributed by atoms with Crippen molar-refractivity contribution in [1.82, 2.24) is 0 Å². The maximum Gasteiger partial charge on any atom is 0.305 e. The van der Waals surface area contributed by atoms with Gasteiger partial charge in [-0.2, -0.15) is 0 Å². The van der Waals surface area contributed by atoms with Gasteiger partial charge in [-0.3, -0.25) is 4.79 Å². The number of nitrogens with zero attached hydrogens (tertiary/aromatic N) is 1. The molecule has 1 aromatic rings. The molecule has 16 heavy (non-hydrogen) atoms. The zero-order valence-corrected chi connectivity index (χ0v) is 10.3. The minimum absolute atomic E-state index is 0.123. The molecule has 3 heteroatoms. The Labute approximate surface area is 96.7 Å². The molecule has 0 heterocycles. The molecular formula is C13H19NO2. The SMILES string of the molecule is Cc1ccccc1N(C)C(C)(C)CC(=O)O. The van der Waals surface area contributed by atoms with Gasteiger partial charge in [-0.1, -0.05) is 18.2 Å². The van der Waals surface area contributed by atoms with Crippen LogP contribution in [0.5, 0.6) is 0 Å². The third-order valence-electron chi connectivity index (χ3n) is 2.97. The standard InChI is InChI=1S/C13H19NO2/c1-10-7-5-6-8-11(10)14(4)13(2,3)9-12(15)16/h5-8H,9H2,1-4H3,(H,15,16). The molecule has 0 aromatic heterocycles. The van der Waals surface area contributed by atoms with E-state index in [-0.39, 0.29) is 6.42 Å².